The van der Waals surface area contributed by atoms with Gasteiger partial charge in [0.25, 0.3) is 0 Å². The van der Waals surface area contributed by atoms with Gasteiger partial charge in [-0.05, 0) is 38.0 Å². The molecule has 0 aliphatic carbocycles. The molecule has 0 aliphatic heterocycles. The molecule has 2 aromatic rings. The number of anilines is 1. The fourth-order valence-corrected chi connectivity index (χ4v) is 4.29. The van der Waals surface area contributed by atoms with Crippen LogP contribution in [0.15, 0.2) is 48.5 Å². The Morgan fingerprint density at radius 1 is 1.09 bits per heavy atom. The van der Waals surface area contributed by atoms with Crippen LogP contribution in [0.4, 0.5) is 5.69 Å². The van der Waals surface area contributed by atoms with Gasteiger partial charge in [0.2, 0.25) is 21.8 Å². The number of unbranched alkanes of at least 4 members (excludes halogenated alkanes) is 1. The monoisotopic (exact) mass is 489 g/mol. The van der Waals surface area contributed by atoms with Crippen molar-refractivity contribution < 1.29 is 22.7 Å². The molecule has 9 heteroatoms. The highest BCUT2D eigenvalue weighted by atomic mass is 32.2. The van der Waals surface area contributed by atoms with Crippen molar-refractivity contribution in [3.8, 4) is 5.75 Å². The number of sulfonamides is 1. The maximum Gasteiger partial charge on any atom is 0.244 e. The number of hydrogen-bond acceptors (Lipinski definition) is 5. The number of benzene rings is 2. The summed E-state index contributed by atoms with van der Waals surface area (Å²) in [5, 5.41) is 2.86. The number of carbonyl (C=O) groups excluding carboxylic acids is 2. The van der Waals surface area contributed by atoms with Crippen LogP contribution in [0.2, 0.25) is 0 Å². The Kier molecular flexibility index (Phi) is 9.92. The summed E-state index contributed by atoms with van der Waals surface area (Å²) in [5.41, 5.74) is 2.18. The van der Waals surface area contributed by atoms with E-state index >= 15 is 0 Å². The van der Waals surface area contributed by atoms with Crippen LogP contribution in [0.25, 0.3) is 0 Å². The zero-order valence-electron chi connectivity index (χ0n) is 20.6. The van der Waals surface area contributed by atoms with Crippen LogP contribution in [0, 0.1) is 6.92 Å². The Balaban J connectivity index is 2.37. The molecule has 0 unspecified atom stereocenters. The lowest BCUT2D eigenvalue weighted by atomic mass is 10.1. The van der Waals surface area contributed by atoms with Crippen LogP contribution in [-0.2, 0) is 26.2 Å². The summed E-state index contributed by atoms with van der Waals surface area (Å²) in [7, 11) is -2.38. The van der Waals surface area contributed by atoms with E-state index in [2.05, 4.69) is 5.32 Å². The Morgan fingerprint density at radius 2 is 1.74 bits per heavy atom. The Bertz CT molecular complexity index is 1070. The number of carbonyl (C=O) groups is 2. The predicted octanol–water partition coefficient (Wildman–Crippen LogP) is 3.10. The summed E-state index contributed by atoms with van der Waals surface area (Å²) in [6.45, 7) is 5.88. The van der Waals surface area contributed by atoms with Gasteiger partial charge in [0.15, 0.2) is 0 Å². The number of hydrogen-bond donors (Lipinski definition) is 1. The van der Waals surface area contributed by atoms with Crippen molar-refractivity contribution in [3.63, 3.8) is 0 Å². The fourth-order valence-electron chi connectivity index (χ4n) is 3.44. The molecule has 0 aliphatic rings. The van der Waals surface area contributed by atoms with Gasteiger partial charge >= 0.3 is 0 Å². The average molecular weight is 490 g/mol. The molecule has 0 bridgehead atoms. The smallest absolute Gasteiger partial charge is 0.244 e. The lowest BCUT2D eigenvalue weighted by molar-refractivity contribution is -0.139. The molecule has 1 N–H and O–H groups in total. The zero-order valence-corrected chi connectivity index (χ0v) is 21.4. The molecule has 1 atom stereocenters. The van der Waals surface area contributed by atoms with E-state index in [0.717, 1.165) is 34.5 Å². The second kappa shape index (κ2) is 12.4. The summed E-state index contributed by atoms with van der Waals surface area (Å²) >= 11 is 0. The van der Waals surface area contributed by atoms with Crippen molar-refractivity contribution in [2.45, 2.75) is 46.2 Å². The van der Waals surface area contributed by atoms with E-state index in [1.54, 1.807) is 31.2 Å². The molecule has 0 spiro atoms. The van der Waals surface area contributed by atoms with Crippen molar-refractivity contribution in [1.82, 2.24) is 10.2 Å². The Labute approximate surface area is 202 Å². The van der Waals surface area contributed by atoms with E-state index in [1.807, 2.05) is 38.1 Å². The van der Waals surface area contributed by atoms with Crippen LogP contribution in [0.5, 0.6) is 5.75 Å². The number of amides is 2. The van der Waals surface area contributed by atoms with Gasteiger partial charge < -0.3 is 15.0 Å². The molecule has 0 saturated heterocycles. The largest absolute Gasteiger partial charge is 0.495 e. The van der Waals surface area contributed by atoms with Gasteiger partial charge in [0.05, 0.1) is 19.1 Å². The normalized spacial score (nSPS) is 12.0. The van der Waals surface area contributed by atoms with E-state index < -0.39 is 28.5 Å². The summed E-state index contributed by atoms with van der Waals surface area (Å²) in [4.78, 5) is 27.7. The van der Waals surface area contributed by atoms with Crippen LogP contribution in [-0.4, -0.2) is 57.6 Å². The summed E-state index contributed by atoms with van der Waals surface area (Å²) in [5.74, 6) is -0.441. The highest BCUT2D eigenvalue weighted by molar-refractivity contribution is 7.92. The van der Waals surface area contributed by atoms with Gasteiger partial charge in [-0.2, -0.15) is 0 Å². The minimum atomic E-state index is -3.82. The van der Waals surface area contributed by atoms with Gasteiger partial charge in [-0.3, -0.25) is 13.9 Å². The molecular weight excluding hydrogens is 454 g/mol. The summed E-state index contributed by atoms with van der Waals surface area (Å²) in [6, 6.07) is 13.5. The molecule has 2 aromatic carbocycles. The highest BCUT2D eigenvalue weighted by Crippen LogP contribution is 2.29. The number of methoxy groups -OCH3 is 1. The molecule has 0 heterocycles. The predicted molar refractivity (Wildman–Crippen MR) is 134 cm³/mol. The maximum atomic E-state index is 13.5. The van der Waals surface area contributed by atoms with E-state index in [0.29, 0.717) is 12.3 Å². The van der Waals surface area contributed by atoms with Crippen molar-refractivity contribution in [3.05, 3.63) is 59.7 Å². The highest BCUT2D eigenvalue weighted by Gasteiger charge is 2.31. The van der Waals surface area contributed by atoms with Gasteiger partial charge in [0.1, 0.15) is 18.3 Å². The molecule has 0 fully saturated rings. The first-order chi connectivity index (χ1) is 16.1. The first-order valence-corrected chi connectivity index (χ1v) is 13.2. The standard InChI is InChI=1S/C25H35N3O5S/c1-6-7-16-26-25(30)20(3)27(17-21-14-12-19(2)13-15-21)24(29)18-28(34(5,31)32)22-10-8-9-11-23(22)33-4/h8-15,20H,6-7,16-18H2,1-5H3,(H,26,30)/t20-/m0/s1. The molecule has 0 aromatic heterocycles. The zero-order chi connectivity index (χ0) is 25.3. The number of nitrogens with one attached hydrogen (secondary N) is 1. The number of nitrogens with zero attached hydrogens (tertiary/aromatic N) is 2. The lowest BCUT2D eigenvalue weighted by Crippen LogP contribution is -2.51. The number of aryl methyl sites for hydroxylation is 1. The van der Waals surface area contributed by atoms with Gasteiger partial charge in [-0.1, -0.05) is 55.3 Å². The van der Waals surface area contributed by atoms with Crippen LogP contribution >= 0.6 is 0 Å². The van der Waals surface area contributed by atoms with E-state index in [4.69, 9.17) is 4.74 Å². The van der Waals surface area contributed by atoms with Gasteiger partial charge in [0, 0.05) is 13.1 Å². The molecular formula is C25H35N3O5S. The minimum absolute atomic E-state index is 0.172. The van der Waals surface area contributed by atoms with Crippen molar-refractivity contribution in [2.24, 2.45) is 0 Å². The molecule has 2 amide bonds. The maximum absolute atomic E-state index is 13.5. The van der Waals surface area contributed by atoms with Crippen molar-refractivity contribution >= 4 is 27.5 Å². The Hall–Kier alpha value is -3.07. The van der Waals surface area contributed by atoms with Gasteiger partial charge in [-0.25, -0.2) is 8.42 Å². The van der Waals surface area contributed by atoms with Crippen LogP contribution in [0.3, 0.4) is 0 Å². The molecule has 8 nitrogen and oxygen atoms in total. The van der Waals surface area contributed by atoms with E-state index in [9.17, 15) is 18.0 Å². The first-order valence-electron chi connectivity index (χ1n) is 11.3. The SMILES string of the molecule is CCCCNC(=O)[C@H](C)N(Cc1ccc(C)cc1)C(=O)CN(c1ccccc1OC)S(C)(=O)=O. The average Bonchev–Trinajstić information content (AvgIpc) is 2.81. The molecule has 2 rings (SSSR count). The number of ether oxygens (including phenoxy) is 1. The quantitative estimate of drug-likeness (QED) is 0.462. The molecule has 34 heavy (non-hydrogen) atoms. The summed E-state index contributed by atoms with van der Waals surface area (Å²) in [6.07, 6.45) is 2.81. The number of para-hydroxylation sites is 2. The van der Waals surface area contributed by atoms with Crippen molar-refractivity contribution in [1.29, 1.82) is 0 Å². The summed E-state index contributed by atoms with van der Waals surface area (Å²) < 4.78 is 31.6. The topological polar surface area (TPSA) is 96.0 Å². The Morgan fingerprint density at radius 3 is 2.32 bits per heavy atom. The molecule has 0 saturated carbocycles. The van der Waals surface area contributed by atoms with Gasteiger partial charge in [-0.15, -0.1) is 0 Å². The van der Waals surface area contributed by atoms with E-state index in [1.165, 1.54) is 12.0 Å². The van der Waals surface area contributed by atoms with Crippen LogP contribution in [0.1, 0.15) is 37.8 Å². The fraction of sp³-hybridized carbons (Fsp3) is 0.440. The first kappa shape index (κ1) is 27.2. The lowest BCUT2D eigenvalue weighted by Gasteiger charge is -2.31. The number of rotatable bonds is 12. The third-order valence-corrected chi connectivity index (χ3v) is 6.63. The van der Waals surface area contributed by atoms with Crippen LogP contribution < -0.4 is 14.4 Å². The second-order valence-corrected chi connectivity index (χ2v) is 10.2. The van der Waals surface area contributed by atoms with Crippen molar-refractivity contribution in [2.75, 3.05) is 30.8 Å². The molecule has 0 radical (unpaired) electrons. The third kappa shape index (κ3) is 7.48. The molecule has 186 valence electrons. The second-order valence-electron chi connectivity index (χ2n) is 8.27. The minimum Gasteiger partial charge on any atom is -0.495 e. The van der Waals surface area contributed by atoms with E-state index in [-0.39, 0.29) is 18.1 Å². The third-order valence-electron chi connectivity index (χ3n) is 5.50.